The third kappa shape index (κ3) is 4.34. The largest absolute Gasteiger partial charge is 0.377 e. The SMILES string of the molecule is [B]N1CCC(CCc2noc3c(CN(C)C)c(C4=CCOCC4)ccc23)CC1. The van der Waals surface area contributed by atoms with E-state index in [0.717, 1.165) is 62.7 Å². The van der Waals surface area contributed by atoms with Crippen LogP contribution in [0.25, 0.3) is 16.5 Å². The average Bonchev–Trinajstić information content (AvgIpc) is 3.12. The van der Waals surface area contributed by atoms with Gasteiger partial charge in [-0.25, -0.2) is 0 Å². The number of piperidine rings is 1. The number of aromatic nitrogens is 1. The van der Waals surface area contributed by atoms with Gasteiger partial charge in [0.15, 0.2) is 13.6 Å². The molecule has 2 aliphatic rings. The van der Waals surface area contributed by atoms with Crippen LogP contribution in [0.3, 0.4) is 0 Å². The van der Waals surface area contributed by atoms with Crippen molar-refractivity contribution >= 4 is 24.5 Å². The third-order valence-corrected chi connectivity index (χ3v) is 6.04. The molecule has 2 aliphatic heterocycles. The molecule has 1 aromatic heterocycles. The van der Waals surface area contributed by atoms with Crippen LogP contribution in [0.1, 0.15) is 42.5 Å². The lowest BCUT2D eigenvalue weighted by molar-refractivity contribution is 0.161. The van der Waals surface area contributed by atoms with Crippen LogP contribution in [-0.4, -0.2) is 63.2 Å². The highest BCUT2D eigenvalue weighted by atomic mass is 16.5. The Morgan fingerprint density at radius 1 is 1.25 bits per heavy atom. The molecule has 3 heterocycles. The molecule has 1 fully saturated rings. The predicted molar refractivity (Wildman–Crippen MR) is 113 cm³/mol. The molecule has 4 rings (SSSR count). The van der Waals surface area contributed by atoms with Crippen molar-refractivity contribution in [3.05, 3.63) is 35.0 Å². The number of fused-ring (bicyclic) bond motifs is 1. The van der Waals surface area contributed by atoms with Gasteiger partial charge in [0.25, 0.3) is 0 Å². The molecule has 0 atom stereocenters. The van der Waals surface area contributed by atoms with Gasteiger partial charge >= 0.3 is 0 Å². The van der Waals surface area contributed by atoms with Crippen LogP contribution < -0.4 is 0 Å². The summed E-state index contributed by atoms with van der Waals surface area (Å²) >= 11 is 0. The van der Waals surface area contributed by atoms with Crippen molar-refractivity contribution in [3.63, 3.8) is 0 Å². The molecular weight excluding hydrogens is 349 g/mol. The van der Waals surface area contributed by atoms with E-state index in [-0.39, 0.29) is 0 Å². The van der Waals surface area contributed by atoms with Gasteiger partial charge in [0, 0.05) is 17.5 Å². The normalized spacial score (nSPS) is 19.5. The first-order chi connectivity index (χ1) is 13.6. The predicted octanol–water partition coefficient (Wildman–Crippen LogP) is 3.42. The van der Waals surface area contributed by atoms with E-state index in [1.165, 1.54) is 34.9 Å². The fraction of sp³-hybridized carbons (Fsp3) is 0.591. The topological polar surface area (TPSA) is 41.7 Å². The van der Waals surface area contributed by atoms with Crippen molar-refractivity contribution in [3.8, 4) is 0 Å². The third-order valence-electron chi connectivity index (χ3n) is 6.04. The van der Waals surface area contributed by atoms with Gasteiger partial charge in [0.05, 0.1) is 18.9 Å². The molecule has 5 nitrogen and oxygen atoms in total. The van der Waals surface area contributed by atoms with E-state index in [2.05, 4.69) is 42.4 Å². The highest BCUT2D eigenvalue weighted by Gasteiger charge is 2.21. The fourth-order valence-electron chi connectivity index (χ4n) is 4.42. The number of hydrogen-bond acceptors (Lipinski definition) is 5. The zero-order valence-corrected chi connectivity index (χ0v) is 17.1. The zero-order valence-electron chi connectivity index (χ0n) is 17.1. The highest BCUT2D eigenvalue weighted by Crippen LogP contribution is 2.33. The minimum absolute atomic E-state index is 0.693. The van der Waals surface area contributed by atoms with Crippen molar-refractivity contribution in [1.29, 1.82) is 0 Å². The van der Waals surface area contributed by atoms with Crippen molar-refractivity contribution in [1.82, 2.24) is 14.9 Å². The van der Waals surface area contributed by atoms with Crippen LogP contribution >= 0.6 is 0 Å². The van der Waals surface area contributed by atoms with Crippen LogP contribution in [0, 0.1) is 5.92 Å². The number of nitrogens with zero attached hydrogens (tertiary/aromatic N) is 3. The molecule has 0 N–H and O–H groups in total. The summed E-state index contributed by atoms with van der Waals surface area (Å²) in [5.74, 6) is 0.736. The zero-order chi connectivity index (χ0) is 19.5. The lowest BCUT2D eigenvalue weighted by atomic mass is 9.89. The molecule has 0 aliphatic carbocycles. The summed E-state index contributed by atoms with van der Waals surface area (Å²) in [6.07, 6.45) is 7.64. The average molecular weight is 379 g/mol. The molecule has 0 saturated carbocycles. The van der Waals surface area contributed by atoms with Crippen molar-refractivity contribution in [2.24, 2.45) is 5.92 Å². The van der Waals surface area contributed by atoms with E-state index in [1.807, 2.05) is 4.81 Å². The second-order valence-electron chi connectivity index (χ2n) is 8.41. The fourth-order valence-corrected chi connectivity index (χ4v) is 4.42. The second kappa shape index (κ2) is 8.81. The molecule has 1 saturated heterocycles. The van der Waals surface area contributed by atoms with E-state index in [9.17, 15) is 0 Å². The van der Waals surface area contributed by atoms with E-state index in [4.69, 9.17) is 17.2 Å². The van der Waals surface area contributed by atoms with Gasteiger partial charge in [-0.2, -0.15) is 0 Å². The van der Waals surface area contributed by atoms with Gasteiger partial charge in [0.2, 0.25) is 0 Å². The summed E-state index contributed by atoms with van der Waals surface area (Å²) in [7, 11) is 10.1. The smallest absolute Gasteiger partial charge is 0.182 e. The summed E-state index contributed by atoms with van der Waals surface area (Å²) in [5.41, 5.74) is 5.92. The molecule has 6 heteroatoms. The number of rotatable bonds is 6. The Morgan fingerprint density at radius 3 is 2.79 bits per heavy atom. The van der Waals surface area contributed by atoms with Crippen molar-refractivity contribution in [2.75, 3.05) is 40.4 Å². The molecule has 0 bridgehead atoms. The molecule has 0 spiro atoms. The molecule has 148 valence electrons. The first-order valence-corrected chi connectivity index (χ1v) is 10.4. The second-order valence-corrected chi connectivity index (χ2v) is 8.41. The lowest BCUT2D eigenvalue weighted by Crippen LogP contribution is -2.31. The Bertz CT molecular complexity index is 838. The maximum absolute atomic E-state index is 5.91. The lowest BCUT2D eigenvalue weighted by Gasteiger charge is -2.29. The molecule has 2 radical (unpaired) electrons. The Morgan fingerprint density at radius 2 is 2.07 bits per heavy atom. The maximum Gasteiger partial charge on any atom is 0.182 e. The summed E-state index contributed by atoms with van der Waals surface area (Å²) in [5, 5.41) is 5.65. The summed E-state index contributed by atoms with van der Waals surface area (Å²) in [6, 6.07) is 4.46. The minimum Gasteiger partial charge on any atom is -0.377 e. The van der Waals surface area contributed by atoms with Crippen LogP contribution in [0.5, 0.6) is 0 Å². The Balaban J connectivity index is 1.59. The standard InChI is InChI=1S/C22H30BN3O2/c1-25(2)15-20-18(17-9-13-27-14-10-17)4-5-19-21(24-28-22(19)20)6-3-16-7-11-26(23)12-8-16/h4-5,9,16H,3,6-8,10-15H2,1-2H3. The van der Waals surface area contributed by atoms with Gasteiger partial charge < -0.3 is 19.0 Å². The summed E-state index contributed by atoms with van der Waals surface area (Å²) in [4.78, 5) is 4.13. The van der Waals surface area contributed by atoms with E-state index in [0.29, 0.717) is 6.61 Å². The van der Waals surface area contributed by atoms with E-state index in [1.54, 1.807) is 0 Å². The van der Waals surface area contributed by atoms with Crippen LogP contribution in [0.2, 0.25) is 0 Å². The number of hydrogen-bond donors (Lipinski definition) is 0. The summed E-state index contributed by atoms with van der Waals surface area (Å²) < 4.78 is 11.4. The van der Waals surface area contributed by atoms with Gasteiger partial charge in [-0.3, -0.25) is 0 Å². The molecular formula is C22H30BN3O2. The maximum atomic E-state index is 5.91. The van der Waals surface area contributed by atoms with Gasteiger partial charge in [-0.1, -0.05) is 17.3 Å². The highest BCUT2D eigenvalue weighted by molar-refractivity contribution is 6.04. The van der Waals surface area contributed by atoms with E-state index >= 15 is 0 Å². The first-order valence-electron chi connectivity index (χ1n) is 10.4. The van der Waals surface area contributed by atoms with Crippen molar-refractivity contribution in [2.45, 2.75) is 38.6 Å². The summed E-state index contributed by atoms with van der Waals surface area (Å²) in [6.45, 7) is 4.32. The van der Waals surface area contributed by atoms with Gasteiger partial charge in [0.1, 0.15) is 0 Å². The Kier molecular flexibility index (Phi) is 6.19. The van der Waals surface area contributed by atoms with E-state index < -0.39 is 0 Å². The Hall–Kier alpha value is -1.63. The van der Waals surface area contributed by atoms with Gasteiger partial charge in [-0.15, -0.1) is 0 Å². The number of aryl methyl sites for hydroxylation is 1. The molecule has 1 aromatic carbocycles. The van der Waals surface area contributed by atoms with Crippen LogP contribution in [-0.2, 0) is 17.7 Å². The molecule has 28 heavy (non-hydrogen) atoms. The quantitative estimate of drug-likeness (QED) is 0.720. The molecule has 0 amide bonds. The van der Waals surface area contributed by atoms with Gasteiger partial charge in [-0.05, 0) is 82.4 Å². The number of benzene rings is 1. The molecule has 0 unspecified atom stereocenters. The Labute approximate surface area is 169 Å². The first kappa shape index (κ1) is 19.7. The van der Waals surface area contributed by atoms with Crippen LogP contribution in [0.4, 0.5) is 0 Å². The number of ether oxygens (including phenoxy) is 1. The van der Waals surface area contributed by atoms with Crippen molar-refractivity contribution < 1.29 is 9.26 Å². The monoisotopic (exact) mass is 379 g/mol. The van der Waals surface area contributed by atoms with Crippen LogP contribution in [0.15, 0.2) is 22.7 Å². The minimum atomic E-state index is 0.693. The molecule has 2 aromatic rings.